The Morgan fingerprint density at radius 1 is 1.47 bits per heavy atom. The fourth-order valence-electron chi connectivity index (χ4n) is 1.44. The van der Waals surface area contributed by atoms with E-state index in [1.165, 1.54) is 18.2 Å². The smallest absolute Gasteiger partial charge is 0.123 e. The lowest BCUT2D eigenvalue weighted by molar-refractivity contribution is 0.449. The van der Waals surface area contributed by atoms with Crippen LogP contribution in [0.3, 0.4) is 0 Å². The Kier molecular flexibility index (Phi) is 5.08. The molecule has 2 N–H and O–H groups in total. The molecular formula is C12H18FNO2S. The summed E-state index contributed by atoms with van der Waals surface area (Å²) in [5, 5.41) is 12.8. The quantitative estimate of drug-likeness (QED) is 0.849. The molecule has 0 spiro atoms. The fraction of sp³-hybridized carbons (Fsp3) is 0.500. The number of hydrogen-bond donors (Lipinski definition) is 2. The predicted octanol–water partition coefficient (Wildman–Crippen LogP) is 1.95. The summed E-state index contributed by atoms with van der Waals surface area (Å²) >= 11 is 0. The van der Waals surface area contributed by atoms with Gasteiger partial charge < -0.3 is 10.4 Å². The average molecular weight is 259 g/mol. The molecular weight excluding hydrogens is 241 g/mol. The van der Waals surface area contributed by atoms with Gasteiger partial charge in [0.1, 0.15) is 11.6 Å². The van der Waals surface area contributed by atoms with Gasteiger partial charge in [0.15, 0.2) is 0 Å². The Morgan fingerprint density at radius 3 is 2.71 bits per heavy atom. The lowest BCUT2D eigenvalue weighted by Crippen LogP contribution is -2.29. The number of hydrogen-bond acceptors (Lipinski definition) is 3. The van der Waals surface area contributed by atoms with Crippen molar-refractivity contribution in [2.24, 2.45) is 0 Å². The Labute approximate surface area is 104 Å². The minimum atomic E-state index is -0.892. The molecule has 0 heterocycles. The third-order valence-electron chi connectivity index (χ3n) is 2.73. The van der Waals surface area contributed by atoms with E-state index in [0.717, 1.165) is 0 Å². The highest BCUT2D eigenvalue weighted by Gasteiger charge is 2.13. The highest BCUT2D eigenvalue weighted by atomic mass is 32.2. The number of phenols is 1. The summed E-state index contributed by atoms with van der Waals surface area (Å²) in [7, 11) is -0.892. The molecule has 0 aliphatic heterocycles. The maximum atomic E-state index is 13.0. The number of rotatable bonds is 5. The molecule has 5 heteroatoms. The van der Waals surface area contributed by atoms with Gasteiger partial charge in [-0.1, -0.05) is 0 Å². The van der Waals surface area contributed by atoms with E-state index < -0.39 is 10.8 Å². The van der Waals surface area contributed by atoms with Crippen LogP contribution >= 0.6 is 0 Å². The summed E-state index contributed by atoms with van der Waals surface area (Å²) < 4.78 is 24.2. The molecule has 3 nitrogen and oxygen atoms in total. The molecule has 17 heavy (non-hydrogen) atoms. The van der Waals surface area contributed by atoms with Gasteiger partial charge in [0.2, 0.25) is 0 Å². The van der Waals surface area contributed by atoms with Crippen molar-refractivity contribution in [3.63, 3.8) is 0 Å². The molecule has 0 amide bonds. The molecule has 0 aromatic heterocycles. The molecule has 0 bridgehead atoms. The summed E-state index contributed by atoms with van der Waals surface area (Å²) in [6, 6.07) is 3.68. The summed E-state index contributed by atoms with van der Waals surface area (Å²) in [4.78, 5) is 0. The molecule has 0 aliphatic carbocycles. The zero-order valence-electron chi connectivity index (χ0n) is 10.2. The van der Waals surface area contributed by atoms with Crippen LogP contribution in [-0.4, -0.2) is 27.4 Å². The van der Waals surface area contributed by atoms with Crippen LogP contribution in [0.1, 0.15) is 25.5 Å². The molecule has 1 aromatic rings. The van der Waals surface area contributed by atoms with Crippen LogP contribution in [0.4, 0.5) is 4.39 Å². The number of nitrogens with one attached hydrogen (secondary N) is 1. The molecule has 1 aromatic carbocycles. The van der Waals surface area contributed by atoms with E-state index in [4.69, 9.17) is 0 Å². The van der Waals surface area contributed by atoms with Crippen molar-refractivity contribution < 1.29 is 13.7 Å². The number of benzene rings is 1. The van der Waals surface area contributed by atoms with Crippen molar-refractivity contribution in [3.05, 3.63) is 29.6 Å². The van der Waals surface area contributed by atoms with Crippen LogP contribution in [-0.2, 0) is 10.8 Å². The highest BCUT2D eigenvalue weighted by Crippen LogP contribution is 2.24. The van der Waals surface area contributed by atoms with Gasteiger partial charge in [-0.15, -0.1) is 0 Å². The first kappa shape index (κ1) is 14.1. The zero-order valence-corrected chi connectivity index (χ0v) is 11.1. The SMILES string of the molecule is CC(NCC(C)S(C)=O)c1cc(F)ccc1O. The molecule has 0 saturated carbocycles. The molecule has 0 saturated heterocycles. The summed E-state index contributed by atoms with van der Waals surface area (Å²) in [6.07, 6.45) is 1.65. The molecule has 0 fully saturated rings. The first-order chi connectivity index (χ1) is 7.91. The van der Waals surface area contributed by atoms with Crippen LogP contribution in [0.5, 0.6) is 5.75 Å². The highest BCUT2D eigenvalue weighted by molar-refractivity contribution is 7.84. The normalized spacial score (nSPS) is 16.5. The van der Waals surface area contributed by atoms with Crippen molar-refractivity contribution in [1.82, 2.24) is 5.32 Å². The maximum Gasteiger partial charge on any atom is 0.123 e. The van der Waals surface area contributed by atoms with E-state index in [0.29, 0.717) is 12.1 Å². The third kappa shape index (κ3) is 4.09. The predicted molar refractivity (Wildman–Crippen MR) is 68.0 cm³/mol. The van der Waals surface area contributed by atoms with Crippen molar-refractivity contribution >= 4 is 10.8 Å². The first-order valence-corrected chi connectivity index (χ1v) is 7.08. The summed E-state index contributed by atoms with van der Waals surface area (Å²) in [5.74, 6) is -0.310. The Morgan fingerprint density at radius 2 is 2.12 bits per heavy atom. The van der Waals surface area contributed by atoms with Gasteiger partial charge in [-0.05, 0) is 32.0 Å². The average Bonchev–Trinajstić information content (AvgIpc) is 2.28. The van der Waals surface area contributed by atoms with Crippen LogP contribution in [0, 0.1) is 5.82 Å². The largest absolute Gasteiger partial charge is 0.508 e. The number of phenolic OH excluding ortho intramolecular Hbond substituents is 1. The van der Waals surface area contributed by atoms with Crippen molar-refractivity contribution in [3.8, 4) is 5.75 Å². The van der Waals surface area contributed by atoms with E-state index >= 15 is 0 Å². The first-order valence-electron chi connectivity index (χ1n) is 5.46. The Bertz CT molecular complexity index is 411. The van der Waals surface area contributed by atoms with Crippen molar-refractivity contribution in [2.75, 3.05) is 12.8 Å². The van der Waals surface area contributed by atoms with Crippen molar-refractivity contribution in [2.45, 2.75) is 25.1 Å². The fourth-order valence-corrected chi connectivity index (χ4v) is 1.77. The van der Waals surface area contributed by atoms with Crippen LogP contribution in [0.25, 0.3) is 0 Å². The summed E-state index contributed by atoms with van der Waals surface area (Å²) in [6.45, 7) is 4.27. The Balaban J connectivity index is 2.66. The molecule has 96 valence electrons. The van der Waals surface area contributed by atoms with Gasteiger partial charge in [-0.25, -0.2) is 4.39 Å². The van der Waals surface area contributed by atoms with Crippen LogP contribution in [0.2, 0.25) is 0 Å². The molecule has 1 rings (SSSR count). The second kappa shape index (κ2) is 6.12. The minimum Gasteiger partial charge on any atom is -0.508 e. The molecule has 0 radical (unpaired) electrons. The summed E-state index contributed by atoms with van der Waals surface area (Å²) in [5.41, 5.74) is 0.513. The van der Waals surface area contributed by atoms with E-state index in [1.54, 1.807) is 6.26 Å². The van der Waals surface area contributed by atoms with E-state index in [2.05, 4.69) is 5.32 Å². The standard InChI is InChI=1S/C12H18FNO2S/c1-8(17(3)16)7-14-9(2)11-6-10(13)4-5-12(11)15/h4-6,8-9,14-15H,7H2,1-3H3. The van der Waals surface area contributed by atoms with Gasteiger partial charge in [-0.2, -0.15) is 0 Å². The monoisotopic (exact) mass is 259 g/mol. The zero-order chi connectivity index (χ0) is 13.0. The van der Waals surface area contributed by atoms with Gasteiger partial charge in [0.05, 0.1) is 0 Å². The molecule has 3 unspecified atom stereocenters. The lowest BCUT2D eigenvalue weighted by Gasteiger charge is -2.17. The number of aromatic hydroxyl groups is 1. The second-order valence-corrected chi connectivity index (χ2v) is 5.94. The second-order valence-electron chi connectivity index (χ2n) is 4.14. The maximum absolute atomic E-state index is 13.0. The Hall–Kier alpha value is -0.940. The van der Waals surface area contributed by atoms with Gasteiger partial charge >= 0.3 is 0 Å². The molecule has 0 aliphatic rings. The van der Waals surface area contributed by atoms with E-state index in [9.17, 15) is 13.7 Å². The molecule has 3 atom stereocenters. The minimum absolute atomic E-state index is 0.0214. The van der Waals surface area contributed by atoms with Crippen LogP contribution < -0.4 is 5.32 Å². The van der Waals surface area contributed by atoms with Crippen LogP contribution in [0.15, 0.2) is 18.2 Å². The van der Waals surface area contributed by atoms with Gasteiger partial charge in [0, 0.05) is 40.5 Å². The van der Waals surface area contributed by atoms with Gasteiger partial charge in [-0.3, -0.25) is 4.21 Å². The van der Waals surface area contributed by atoms with E-state index in [-0.39, 0.29) is 22.9 Å². The van der Waals surface area contributed by atoms with Gasteiger partial charge in [0.25, 0.3) is 0 Å². The topological polar surface area (TPSA) is 49.3 Å². The van der Waals surface area contributed by atoms with E-state index in [1.807, 2.05) is 13.8 Å². The third-order valence-corrected chi connectivity index (χ3v) is 4.03. The lowest BCUT2D eigenvalue weighted by atomic mass is 10.1. The number of halogens is 1. The van der Waals surface area contributed by atoms with Crippen molar-refractivity contribution in [1.29, 1.82) is 0 Å².